The van der Waals surface area contributed by atoms with E-state index in [1.165, 1.54) is 30.4 Å². The molecule has 1 aromatic carbocycles. The number of rotatable bonds is 5. The van der Waals surface area contributed by atoms with Crippen LogP contribution in [0.4, 0.5) is 0 Å². The van der Waals surface area contributed by atoms with Crippen LogP contribution in [0.2, 0.25) is 0 Å². The van der Waals surface area contributed by atoms with Crippen molar-refractivity contribution in [2.75, 3.05) is 0 Å². The zero-order valence-electron chi connectivity index (χ0n) is 12.2. The number of fused-ring (bicyclic) bond motifs is 1. The van der Waals surface area contributed by atoms with E-state index in [1.807, 2.05) is 6.92 Å². The third-order valence-electron chi connectivity index (χ3n) is 3.99. The van der Waals surface area contributed by atoms with Gasteiger partial charge in [0.15, 0.2) is 0 Å². The molecule has 0 saturated carbocycles. The minimum absolute atomic E-state index is 0.00871. The minimum Gasteiger partial charge on any atom is -0.348 e. The topological polar surface area (TPSA) is 55.1 Å². The van der Waals surface area contributed by atoms with Crippen molar-refractivity contribution in [3.63, 3.8) is 0 Å². The first-order chi connectivity index (χ1) is 9.61. The SMILES string of the molecule is C=CCC(N)C(=O)NC(C)c1ccc2c(c1)CCCC2. The minimum atomic E-state index is -0.507. The highest BCUT2D eigenvalue weighted by atomic mass is 16.2. The Kier molecular flexibility index (Phi) is 4.96. The van der Waals surface area contributed by atoms with Gasteiger partial charge in [-0.2, -0.15) is 0 Å². The lowest BCUT2D eigenvalue weighted by Gasteiger charge is -2.21. The predicted molar refractivity (Wildman–Crippen MR) is 82.4 cm³/mol. The molecule has 0 radical (unpaired) electrons. The van der Waals surface area contributed by atoms with Gasteiger partial charge in [-0.15, -0.1) is 6.58 Å². The van der Waals surface area contributed by atoms with E-state index in [0.717, 1.165) is 12.0 Å². The number of nitrogens with one attached hydrogen (secondary N) is 1. The van der Waals surface area contributed by atoms with Gasteiger partial charge in [0.1, 0.15) is 0 Å². The van der Waals surface area contributed by atoms with Gasteiger partial charge in [-0.1, -0.05) is 24.3 Å². The van der Waals surface area contributed by atoms with E-state index in [9.17, 15) is 4.79 Å². The summed E-state index contributed by atoms with van der Waals surface area (Å²) in [7, 11) is 0. The average molecular weight is 272 g/mol. The fourth-order valence-corrected chi connectivity index (χ4v) is 2.71. The lowest BCUT2D eigenvalue weighted by Crippen LogP contribution is -2.41. The van der Waals surface area contributed by atoms with Gasteiger partial charge in [0, 0.05) is 0 Å². The molecule has 0 fully saturated rings. The Morgan fingerprint density at radius 3 is 2.80 bits per heavy atom. The molecule has 0 heterocycles. The van der Waals surface area contributed by atoms with E-state index in [1.54, 1.807) is 6.08 Å². The molecule has 2 rings (SSSR count). The van der Waals surface area contributed by atoms with Crippen LogP contribution in [-0.4, -0.2) is 11.9 Å². The molecule has 0 bridgehead atoms. The number of hydrogen-bond donors (Lipinski definition) is 2. The Morgan fingerprint density at radius 1 is 1.40 bits per heavy atom. The van der Waals surface area contributed by atoms with Crippen molar-refractivity contribution in [1.29, 1.82) is 0 Å². The first kappa shape index (κ1) is 14.8. The summed E-state index contributed by atoms with van der Waals surface area (Å²) in [6, 6.07) is 6.04. The fraction of sp³-hybridized carbons (Fsp3) is 0.471. The third-order valence-corrected chi connectivity index (χ3v) is 3.99. The molecule has 0 spiro atoms. The summed E-state index contributed by atoms with van der Waals surface area (Å²) in [4.78, 5) is 11.9. The summed E-state index contributed by atoms with van der Waals surface area (Å²) in [5.41, 5.74) is 9.83. The molecular weight excluding hydrogens is 248 g/mol. The normalized spacial score (nSPS) is 16.9. The highest BCUT2D eigenvalue weighted by Gasteiger charge is 2.17. The second kappa shape index (κ2) is 6.71. The zero-order chi connectivity index (χ0) is 14.5. The van der Waals surface area contributed by atoms with Gasteiger partial charge in [-0.3, -0.25) is 4.79 Å². The highest BCUT2D eigenvalue weighted by molar-refractivity contribution is 5.82. The summed E-state index contributed by atoms with van der Waals surface area (Å²) in [6.45, 7) is 5.61. The molecule has 1 aromatic rings. The molecular formula is C17H24N2O. The molecule has 1 aliphatic rings. The summed E-state index contributed by atoms with van der Waals surface area (Å²) < 4.78 is 0. The number of carbonyl (C=O) groups is 1. The maximum atomic E-state index is 11.9. The van der Waals surface area contributed by atoms with Gasteiger partial charge >= 0.3 is 0 Å². The summed E-state index contributed by atoms with van der Waals surface area (Å²) in [6.07, 6.45) is 7.06. The largest absolute Gasteiger partial charge is 0.348 e. The Bertz CT molecular complexity index is 496. The summed E-state index contributed by atoms with van der Waals surface area (Å²) in [5, 5.41) is 2.98. The molecule has 2 unspecified atom stereocenters. The fourth-order valence-electron chi connectivity index (χ4n) is 2.71. The van der Waals surface area contributed by atoms with E-state index in [0.29, 0.717) is 6.42 Å². The maximum absolute atomic E-state index is 11.9. The van der Waals surface area contributed by atoms with Crippen LogP contribution in [0.1, 0.15) is 48.9 Å². The van der Waals surface area contributed by atoms with Crippen LogP contribution in [0, 0.1) is 0 Å². The molecule has 0 aliphatic heterocycles. The van der Waals surface area contributed by atoms with Crippen molar-refractivity contribution in [2.24, 2.45) is 5.73 Å². The first-order valence-electron chi connectivity index (χ1n) is 7.40. The van der Waals surface area contributed by atoms with E-state index in [-0.39, 0.29) is 11.9 Å². The van der Waals surface area contributed by atoms with Gasteiger partial charge in [0.2, 0.25) is 5.91 Å². The van der Waals surface area contributed by atoms with Gasteiger partial charge in [0.05, 0.1) is 12.1 Å². The van der Waals surface area contributed by atoms with E-state index in [2.05, 4.69) is 30.1 Å². The second-order valence-electron chi connectivity index (χ2n) is 5.60. The molecule has 3 nitrogen and oxygen atoms in total. The maximum Gasteiger partial charge on any atom is 0.237 e. The average Bonchev–Trinajstić information content (AvgIpc) is 2.46. The van der Waals surface area contributed by atoms with Crippen molar-refractivity contribution in [2.45, 2.75) is 51.1 Å². The van der Waals surface area contributed by atoms with Crippen LogP contribution in [0.15, 0.2) is 30.9 Å². The number of amides is 1. The number of benzene rings is 1. The van der Waals surface area contributed by atoms with Gasteiger partial charge in [0.25, 0.3) is 0 Å². The summed E-state index contributed by atoms with van der Waals surface area (Å²) in [5.74, 6) is -0.116. The van der Waals surface area contributed by atoms with Crippen LogP contribution >= 0.6 is 0 Å². The molecule has 0 aromatic heterocycles. The lowest BCUT2D eigenvalue weighted by atomic mass is 9.89. The molecule has 3 heteroatoms. The molecule has 0 saturated heterocycles. The third kappa shape index (κ3) is 3.48. The van der Waals surface area contributed by atoms with E-state index >= 15 is 0 Å². The molecule has 20 heavy (non-hydrogen) atoms. The van der Waals surface area contributed by atoms with Gasteiger partial charge < -0.3 is 11.1 Å². The molecule has 2 atom stereocenters. The predicted octanol–water partition coefficient (Wildman–Crippen LogP) is 2.65. The second-order valence-corrected chi connectivity index (χ2v) is 5.60. The first-order valence-corrected chi connectivity index (χ1v) is 7.40. The molecule has 108 valence electrons. The van der Waals surface area contributed by atoms with Crippen LogP contribution in [0.3, 0.4) is 0 Å². The zero-order valence-corrected chi connectivity index (χ0v) is 12.2. The van der Waals surface area contributed by atoms with Crippen molar-refractivity contribution < 1.29 is 4.79 Å². The number of carbonyl (C=O) groups excluding carboxylic acids is 1. The van der Waals surface area contributed by atoms with Crippen LogP contribution in [0.25, 0.3) is 0 Å². The number of nitrogens with two attached hydrogens (primary N) is 1. The highest BCUT2D eigenvalue weighted by Crippen LogP contribution is 2.24. The van der Waals surface area contributed by atoms with Crippen LogP contribution in [-0.2, 0) is 17.6 Å². The molecule has 1 aliphatic carbocycles. The number of hydrogen-bond acceptors (Lipinski definition) is 2. The van der Waals surface area contributed by atoms with E-state index in [4.69, 9.17) is 5.73 Å². The van der Waals surface area contributed by atoms with Crippen molar-refractivity contribution >= 4 is 5.91 Å². The smallest absolute Gasteiger partial charge is 0.237 e. The van der Waals surface area contributed by atoms with Crippen LogP contribution in [0.5, 0.6) is 0 Å². The Labute approximate surface area is 121 Å². The quantitative estimate of drug-likeness (QED) is 0.810. The Morgan fingerprint density at radius 2 is 2.10 bits per heavy atom. The Balaban J connectivity index is 2.03. The van der Waals surface area contributed by atoms with Crippen molar-refractivity contribution in [3.8, 4) is 0 Å². The summed E-state index contributed by atoms with van der Waals surface area (Å²) >= 11 is 0. The van der Waals surface area contributed by atoms with E-state index < -0.39 is 6.04 Å². The molecule has 1 amide bonds. The van der Waals surface area contributed by atoms with Crippen molar-refractivity contribution in [1.82, 2.24) is 5.32 Å². The van der Waals surface area contributed by atoms with Crippen LogP contribution < -0.4 is 11.1 Å². The van der Waals surface area contributed by atoms with Crippen molar-refractivity contribution in [3.05, 3.63) is 47.5 Å². The lowest BCUT2D eigenvalue weighted by molar-refractivity contribution is -0.122. The number of aryl methyl sites for hydroxylation is 2. The van der Waals surface area contributed by atoms with Gasteiger partial charge in [-0.05, 0) is 55.7 Å². The standard InChI is InChI=1S/C17H24N2O/c1-3-6-16(18)17(20)19-12(2)14-10-9-13-7-4-5-8-15(13)11-14/h3,9-12,16H,1,4-8,18H2,2H3,(H,19,20). The monoisotopic (exact) mass is 272 g/mol. The Hall–Kier alpha value is -1.61. The molecule has 3 N–H and O–H groups in total. The van der Waals surface area contributed by atoms with Gasteiger partial charge in [-0.25, -0.2) is 0 Å².